The molecule has 2 aromatic rings. The summed E-state index contributed by atoms with van der Waals surface area (Å²) < 4.78 is 0. The van der Waals surface area contributed by atoms with E-state index in [-0.39, 0.29) is 23.1 Å². The molecule has 0 radical (unpaired) electrons. The van der Waals surface area contributed by atoms with Crippen molar-refractivity contribution in [2.24, 2.45) is 0 Å². The van der Waals surface area contributed by atoms with Crippen LogP contribution in [0.2, 0.25) is 0 Å². The second kappa shape index (κ2) is 10.3. The van der Waals surface area contributed by atoms with E-state index < -0.39 is 0 Å². The van der Waals surface area contributed by atoms with Crippen molar-refractivity contribution < 1.29 is 0 Å². The van der Waals surface area contributed by atoms with Crippen LogP contribution in [0.3, 0.4) is 0 Å². The van der Waals surface area contributed by atoms with E-state index in [1.54, 1.807) is 0 Å². The Hall–Kier alpha value is -0.534. The van der Waals surface area contributed by atoms with Crippen molar-refractivity contribution >= 4 is 23.1 Å². The zero-order valence-electron chi connectivity index (χ0n) is 13.0. The molecule has 0 atom stereocenters. The average Bonchev–Trinajstić information content (AvgIpc) is 3.06. The first-order valence-electron chi connectivity index (χ1n) is 7.23. The van der Waals surface area contributed by atoms with Gasteiger partial charge in [0.1, 0.15) is 0 Å². The smallest absolute Gasteiger partial charge is 0.213 e. The standard InChI is InChI=1S/2C9H13.Mg/c2*1-3-8-6-5-7-9(8)4-2;/h2*5-7H,3-4H2,1-2H3;/q2*-1;+2. The molecule has 0 amide bonds. The fourth-order valence-corrected chi connectivity index (χ4v) is 2.37. The van der Waals surface area contributed by atoms with Crippen LogP contribution in [0.5, 0.6) is 0 Å². The van der Waals surface area contributed by atoms with E-state index in [0.29, 0.717) is 0 Å². The summed E-state index contributed by atoms with van der Waals surface area (Å²) in [5.74, 6) is 0. The third kappa shape index (κ3) is 5.54. The molecule has 0 aliphatic rings. The third-order valence-electron chi connectivity index (χ3n) is 3.54. The van der Waals surface area contributed by atoms with Crippen molar-refractivity contribution in [3.8, 4) is 0 Å². The van der Waals surface area contributed by atoms with Crippen LogP contribution in [0.1, 0.15) is 49.9 Å². The summed E-state index contributed by atoms with van der Waals surface area (Å²) in [7, 11) is 0. The molecular weight excluding hydrogens is 241 g/mol. The molecule has 0 bridgehead atoms. The van der Waals surface area contributed by atoms with Crippen LogP contribution in [0.4, 0.5) is 0 Å². The molecular formula is C18H26Mg. The molecule has 0 spiro atoms. The Morgan fingerprint density at radius 3 is 1.32 bits per heavy atom. The predicted molar refractivity (Wildman–Crippen MR) is 87.3 cm³/mol. The van der Waals surface area contributed by atoms with Gasteiger partial charge >= 0.3 is 23.1 Å². The molecule has 19 heavy (non-hydrogen) atoms. The molecule has 0 aliphatic heterocycles. The minimum absolute atomic E-state index is 0. The summed E-state index contributed by atoms with van der Waals surface area (Å²) in [5.41, 5.74) is 6.05. The van der Waals surface area contributed by atoms with Gasteiger partial charge < -0.3 is 0 Å². The Kier molecular flexibility index (Phi) is 9.99. The molecule has 0 aromatic heterocycles. The second-order valence-electron chi connectivity index (χ2n) is 4.57. The van der Waals surface area contributed by atoms with Crippen molar-refractivity contribution in [3.05, 3.63) is 58.7 Å². The summed E-state index contributed by atoms with van der Waals surface area (Å²) in [5, 5.41) is 0. The molecule has 2 aromatic carbocycles. The maximum Gasteiger partial charge on any atom is 2.00 e. The van der Waals surface area contributed by atoms with E-state index in [1.165, 1.54) is 47.9 Å². The molecule has 0 fully saturated rings. The SMILES string of the molecule is CCc1ccc[c-]1CC.CCc1ccc[c-]1CC.[Mg+2]. The largest absolute Gasteiger partial charge is 2.00 e. The van der Waals surface area contributed by atoms with Gasteiger partial charge in [-0.15, -0.1) is 0 Å². The maximum absolute atomic E-state index is 2.21. The molecule has 0 unspecified atom stereocenters. The van der Waals surface area contributed by atoms with Gasteiger partial charge in [0.05, 0.1) is 0 Å². The summed E-state index contributed by atoms with van der Waals surface area (Å²) in [6.07, 6.45) is 4.71. The van der Waals surface area contributed by atoms with Crippen molar-refractivity contribution in [2.75, 3.05) is 0 Å². The number of hydrogen-bond acceptors (Lipinski definition) is 0. The first-order chi connectivity index (χ1) is 8.76. The molecule has 0 aliphatic carbocycles. The quantitative estimate of drug-likeness (QED) is 0.557. The fraction of sp³-hybridized carbons (Fsp3) is 0.444. The van der Waals surface area contributed by atoms with E-state index >= 15 is 0 Å². The van der Waals surface area contributed by atoms with Gasteiger partial charge in [-0.2, -0.15) is 34.4 Å². The molecule has 0 saturated carbocycles. The van der Waals surface area contributed by atoms with E-state index in [2.05, 4.69) is 64.1 Å². The number of aryl methyl sites for hydroxylation is 4. The zero-order chi connectivity index (χ0) is 13.4. The molecule has 0 heterocycles. The minimum atomic E-state index is 0. The Balaban J connectivity index is 0.000000324. The second-order valence-corrected chi connectivity index (χ2v) is 4.57. The van der Waals surface area contributed by atoms with Crippen molar-refractivity contribution in [2.45, 2.75) is 53.4 Å². The van der Waals surface area contributed by atoms with Gasteiger partial charge in [-0.3, -0.25) is 0 Å². The van der Waals surface area contributed by atoms with Gasteiger partial charge in [0.2, 0.25) is 0 Å². The first-order valence-corrected chi connectivity index (χ1v) is 7.23. The Morgan fingerprint density at radius 2 is 1.11 bits per heavy atom. The predicted octanol–water partition coefficient (Wildman–Crippen LogP) is 4.68. The number of hydrogen-bond donors (Lipinski definition) is 0. The van der Waals surface area contributed by atoms with Gasteiger partial charge in [0, 0.05) is 0 Å². The fourth-order valence-electron chi connectivity index (χ4n) is 2.37. The van der Waals surface area contributed by atoms with Crippen LogP contribution < -0.4 is 0 Å². The third-order valence-corrected chi connectivity index (χ3v) is 3.54. The average molecular weight is 267 g/mol. The van der Waals surface area contributed by atoms with E-state index in [0.717, 1.165) is 0 Å². The molecule has 0 saturated heterocycles. The molecule has 0 N–H and O–H groups in total. The molecule has 100 valence electrons. The maximum atomic E-state index is 2.21. The van der Waals surface area contributed by atoms with Crippen molar-refractivity contribution in [1.29, 1.82) is 0 Å². The van der Waals surface area contributed by atoms with E-state index in [4.69, 9.17) is 0 Å². The normalized spacial score (nSPS) is 9.47. The Morgan fingerprint density at radius 1 is 0.737 bits per heavy atom. The van der Waals surface area contributed by atoms with Gasteiger partial charge in [-0.05, 0) is 0 Å². The van der Waals surface area contributed by atoms with Gasteiger partial charge in [0.15, 0.2) is 0 Å². The van der Waals surface area contributed by atoms with Gasteiger partial charge in [-0.1, -0.05) is 53.4 Å². The molecule has 0 nitrogen and oxygen atoms in total. The first kappa shape index (κ1) is 18.5. The van der Waals surface area contributed by atoms with E-state index in [1.807, 2.05) is 0 Å². The summed E-state index contributed by atoms with van der Waals surface area (Å²) >= 11 is 0. The van der Waals surface area contributed by atoms with Crippen molar-refractivity contribution in [3.63, 3.8) is 0 Å². The number of rotatable bonds is 4. The van der Waals surface area contributed by atoms with Crippen LogP contribution in [0.15, 0.2) is 36.4 Å². The van der Waals surface area contributed by atoms with E-state index in [9.17, 15) is 0 Å². The van der Waals surface area contributed by atoms with Crippen LogP contribution in [-0.4, -0.2) is 23.1 Å². The molecule has 2 rings (SSSR count). The molecule has 1 heteroatoms. The topological polar surface area (TPSA) is 0 Å². The van der Waals surface area contributed by atoms with Crippen LogP contribution >= 0.6 is 0 Å². The Bertz CT molecular complexity index is 355. The summed E-state index contributed by atoms with van der Waals surface area (Å²) in [6.45, 7) is 8.81. The van der Waals surface area contributed by atoms with Gasteiger partial charge in [-0.25, -0.2) is 24.3 Å². The van der Waals surface area contributed by atoms with Crippen molar-refractivity contribution in [1.82, 2.24) is 0 Å². The van der Waals surface area contributed by atoms with Gasteiger partial charge in [0.25, 0.3) is 0 Å². The monoisotopic (exact) mass is 266 g/mol. The van der Waals surface area contributed by atoms with Crippen LogP contribution in [-0.2, 0) is 25.7 Å². The Labute approximate surface area is 135 Å². The zero-order valence-corrected chi connectivity index (χ0v) is 14.4. The minimum Gasteiger partial charge on any atom is -0.213 e. The van der Waals surface area contributed by atoms with Crippen LogP contribution in [0.25, 0.3) is 0 Å². The summed E-state index contributed by atoms with van der Waals surface area (Å²) in [6, 6.07) is 13.1. The summed E-state index contributed by atoms with van der Waals surface area (Å²) in [4.78, 5) is 0. The van der Waals surface area contributed by atoms with Crippen LogP contribution in [0, 0.1) is 0 Å².